The Kier molecular flexibility index (Phi) is 5.86. The van der Waals surface area contributed by atoms with E-state index in [2.05, 4.69) is 37.1 Å². The topological polar surface area (TPSA) is 23.6 Å². The van der Waals surface area contributed by atoms with Crippen LogP contribution < -0.4 is 0 Å². The van der Waals surface area contributed by atoms with E-state index in [9.17, 15) is 4.79 Å². The van der Waals surface area contributed by atoms with Crippen LogP contribution in [0.2, 0.25) is 0 Å². The van der Waals surface area contributed by atoms with Crippen LogP contribution in [0.25, 0.3) is 0 Å². The van der Waals surface area contributed by atoms with Crippen LogP contribution in [-0.2, 0) is 4.79 Å². The van der Waals surface area contributed by atoms with E-state index >= 15 is 0 Å². The minimum absolute atomic E-state index is 0.332. The summed E-state index contributed by atoms with van der Waals surface area (Å²) in [6.07, 6.45) is 4.69. The van der Waals surface area contributed by atoms with Gasteiger partial charge in [0.25, 0.3) is 0 Å². The first-order valence-corrected chi connectivity index (χ1v) is 8.63. The summed E-state index contributed by atoms with van der Waals surface area (Å²) in [7, 11) is 0. The van der Waals surface area contributed by atoms with Gasteiger partial charge in [-0.05, 0) is 63.5 Å². The van der Waals surface area contributed by atoms with Gasteiger partial charge in [0.05, 0.1) is 6.54 Å². The molecule has 120 valence electrons. The second-order valence-corrected chi connectivity index (χ2v) is 7.36. The van der Waals surface area contributed by atoms with Gasteiger partial charge >= 0.3 is 0 Å². The van der Waals surface area contributed by atoms with Crippen molar-refractivity contribution in [2.24, 2.45) is 17.8 Å². The summed E-state index contributed by atoms with van der Waals surface area (Å²) in [6, 6.07) is 0. The van der Waals surface area contributed by atoms with Crippen LogP contribution >= 0.6 is 0 Å². The highest BCUT2D eigenvalue weighted by molar-refractivity contribution is 5.78. The quantitative estimate of drug-likeness (QED) is 0.743. The second kappa shape index (κ2) is 7.44. The standard InChI is InChI=1S/C18H32N2O/c1-14(2)16-5-9-19(10-6-16)13-18(21)20-11-7-17(8-12-20)15(3)4/h14,16-17H,3,5-13H2,1-2,4H3. The van der Waals surface area contributed by atoms with E-state index in [0.717, 1.165) is 50.9 Å². The van der Waals surface area contributed by atoms with E-state index in [0.29, 0.717) is 18.4 Å². The molecule has 3 heteroatoms. The summed E-state index contributed by atoms with van der Waals surface area (Å²) < 4.78 is 0. The van der Waals surface area contributed by atoms with Crippen LogP contribution in [0, 0.1) is 17.8 Å². The number of likely N-dealkylation sites (tertiary alicyclic amines) is 2. The van der Waals surface area contributed by atoms with E-state index in [1.54, 1.807) is 0 Å². The summed E-state index contributed by atoms with van der Waals surface area (Å²) in [5.41, 5.74) is 1.28. The van der Waals surface area contributed by atoms with Crippen molar-refractivity contribution in [3.8, 4) is 0 Å². The molecule has 2 rings (SSSR count). The van der Waals surface area contributed by atoms with E-state index in [4.69, 9.17) is 0 Å². The first-order valence-electron chi connectivity index (χ1n) is 8.63. The Labute approximate surface area is 130 Å². The van der Waals surface area contributed by atoms with Gasteiger partial charge in [-0.3, -0.25) is 9.69 Å². The van der Waals surface area contributed by atoms with E-state index in [-0.39, 0.29) is 0 Å². The molecule has 0 N–H and O–H groups in total. The fourth-order valence-corrected chi connectivity index (χ4v) is 3.69. The molecule has 2 aliphatic heterocycles. The lowest BCUT2D eigenvalue weighted by Crippen LogP contribution is -2.46. The van der Waals surface area contributed by atoms with Crippen LogP contribution in [0.15, 0.2) is 12.2 Å². The van der Waals surface area contributed by atoms with Crippen molar-refractivity contribution in [1.82, 2.24) is 9.80 Å². The summed E-state index contributed by atoms with van der Waals surface area (Å²) in [5, 5.41) is 0. The minimum Gasteiger partial charge on any atom is -0.342 e. The predicted molar refractivity (Wildman–Crippen MR) is 88.1 cm³/mol. The molecule has 0 atom stereocenters. The highest BCUT2D eigenvalue weighted by Crippen LogP contribution is 2.25. The van der Waals surface area contributed by atoms with Crippen LogP contribution in [0.4, 0.5) is 0 Å². The van der Waals surface area contributed by atoms with Crippen LogP contribution in [0.1, 0.15) is 46.5 Å². The van der Waals surface area contributed by atoms with Gasteiger partial charge in [0, 0.05) is 13.1 Å². The molecule has 2 fully saturated rings. The predicted octanol–water partition coefficient (Wildman–Crippen LogP) is 3.17. The highest BCUT2D eigenvalue weighted by Gasteiger charge is 2.26. The van der Waals surface area contributed by atoms with Gasteiger partial charge in [0.1, 0.15) is 0 Å². The third-order valence-electron chi connectivity index (χ3n) is 5.48. The Morgan fingerprint density at radius 1 is 1.10 bits per heavy atom. The largest absolute Gasteiger partial charge is 0.342 e. The first-order chi connectivity index (χ1) is 9.97. The number of hydrogen-bond donors (Lipinski definition) is 0. The number of hydrogen-bond acceptors (Lipinski definition) is 2. The fourth-order valence-electron chi connectivity index (χ4n) is 3.69. The molecule has 0 unspecified atom stereocenters. The van der Waals surface area contributed by atoms with Crippen molar-refractivity contribution in [1.29, 1.82) is 0 Å². The maximum Gasteiger partial charge on any atom is 0.236 e. The van der Waals surface area contributed by atoms with Crippen LogP contribution in [-0.4, -0.2) is 48.4 Å². The van der Waals surface area contributed by atoms with Gasteiger partial charge < -0.3 is 4.90 Å². The molecule has 2 aliphatic rings. The summed E-state index contributed by atoms with van der Waals surface area (Å²) in [6.45, 7) is 15.4. The normalized spacial score (nSPS) is 22.8. The number of carbonyl (C=O) groups excluding carboxylic acids is 1. The molecule has 1 amide bonds. The van der Waals surface area contributed by atoms with Gasteiger partial charge in [0.15, 0.2) is 0 Å². The summed E-state index contributed by atoms with van der Waals surface area (Å²) in [4.78, 5) is 16.8. The number of piperidine rings is 2. The van der Waals surface area contributed by atoms with Crippen molar-refractivity contribution in [2.75, 3.05) is 32.7 Å². The Morgan fingerprint density at radius 3 is 2.14 bits per heavy atom. The van der Waals surface area contributed by atoms with Gasteiger partial charge in [-0.15, -0.1) is 0 Å². The van der Waals surface area contributed by atoms with Crippen molar-refractivity contribution in [3.05, 3.63) is 12.2 Å². The monoisotopic (exact) mass is 292 g/mol. The first kappa shape index (κ1) is 16.5. The third-order valence-corrected chi connectivity index (χ3v) is 5.48. The van der Waals surface area contributed by atoms with E-state index < -0.39 is 0 Å². The number of nitrogens with zero attached hydrogens (tertiary/aromatic N) is 2. The van der Waals surface area contributed by atoms with Crippen LogP contribution in [0.3, 0.4) is 0 Å². The molecule has 2 saturated heterocycles. The molecular formula is C18H32N2O. The maximum atomic E-state index is 12.4. The number of carbonyl (C=O) groups is 1. The van der Waals surface area contributed by atoms with E-state index in [1.807, 2.05) is 0 Å². The SMILES string of the molecule is C=C(C)C1CCN(C(=O)CN2CCC(C(C)C)CC2)CC1. The van der Waals surface area contributed by atoms with Crippen LogP contribution in [0.5, 0.6) is 0 Å². The Bertz CT molecular complexity index is 361. The zero-order valence-electron chi connectivity index (χ0n) is 14.1. The smallest absolute Gasteiger partial charge is 0.236 e. The van der Waals surface area contributed by atoms with Crippen molar-refractivity contribution >= 4 is 5.91 Å². The molecular weight excluding hydrogens is 260 g/mol. The van der Waals surface area contributed by atoms with Crippen molar-refractivity contribution in [3.63, 3.8) is 0 Å². The van der Waals surface area contributed by atoms with Gasteiger partial charge in [-0.1, -0.05) is 26.0 Å². The molecule has 21 heavy (non-hydrogen) atoms. The van der Waals surface area contributed by atoms with Crippen molar-refractivity contribution in [2.45, 2.75) is 46.5 Å². The van der Waals surface area contributed by atoms with Gasteiger partial charge in [-0.25, -0.2) is 0 Å². The fraction of sp³-hybridized carbons (Fsp3) is 0.833. The molecule has 0 aromatic heterocycles. The minimum atomic E-state index is 0.332. The lowest BCUT2D eigenvalue weighted by molar-refractivity contribution is -0.134. The number of amides is 1. The summed E-state index contributed by atoms with van der Waals surface area (Å²) in [5.74, 6) is 2.58. The average molecular weight is 292 g/mol. The molecule has 0 aliphatic carbocycles. The van der Waals surface area contributed by atoms with E-state index in [1.165, 1.54) is 18.4 Å². The average Bonchev–Trinajstić information content (AvgIpc) is 2.47. The Morgan fingerprint density at radius 2 is 1.67 bits per heavy atom. The van der Waals surface area contributed by atoms with Crippen molar-refractivity contribution < 1.29 is 4.79 Å². The van der Waals surface area contributed by atoms with Gasteiger partial charge in [-0.2, -0.15) is 0 Å². The highest BCUT2D eigenvalue weighted by atomic mass is 16.2. The van der Waals surface area contributed by atoms with Gasteiger partial charge in [0.2, 0.25) is 5.91 Å². The zero-order valence-corrected chi connectivity index (χ0v) is 14.1. The lowest BCUT2D eigenvalue weighted by atomic mass is 9.87. The Balaban J connectivity index is 1.72. The zero-order chi connectivity index (χ0) is 15.4. The molecule has 0 bridgehead atoms. The maximum absolute atomic E-state index is 12.4. The number of rotatable bonds is 4. The molecule has 2 heterocycles. The molecule has 0 aromatic carbocycles. The molecule has 0 saturated carbocycles. The summed E-state index contributed by atoms with van der Waals surface area (Å²) >= 11 is 0. The Hall–Kier alpha value is -0.830. The molecule has 0 radical (unpaired) electrons. The molecule has 0 spiro atoms. The molecule has 0 aromatic rings. The second-order valence-electron chi connectivity index (χ2n) is 7.36. The third kappa shape index (κ3) is 4.57. The lowest BCUT2D eigenvalue weighted by Gasteiger charge is -2.36. The number of allylic oxidation sites excluding steroid dienone is 1. The molecule has 3 nitrogen and oxygen atoms in total.